The molecular weight excluding hydrogens is 333 g/mol. The number of halogens is 3. The molecule has 0 spiro atoms. The lowest BCUT2D eigenvalue weighted by Gasteiger charge is -2.10. The fraction of sp³-hybridized carbons (Fsp3) is 0. The molecule has 0 saturated carbocycles. The lowest BCUT2D eigenvalue weighted by atomic mass is 10.3. The average molecular weight is 341 g/mol. The van der Waals surface area contributed by atoms with Crippen molar-refractivity contribution in [1.82, 2.24) is 9.97 Å². The number of nitrogens with zero attached hydrogens (tertiary/aromatic N) is 2. The number of fused-ring (bicyclic) bond motifs is 1. The van der Waals surface area contributed by atoms with Gasteiger partial charge in [-0.25, -0.2) is 9.97 Å². The maximum atomic E-state index is 6.06. The zero-order valence-corrected chi connectivity index (χ0v) is 12.7. The monoisotopic (exact) mass is 339 g/mol. The molecule has 1 aromatic heterocycles. The van der Waals surface area contributed by atoms with Gasteiger partial charge in [-0.2, -0.15) is 0 Å². The van der Waals surface area contributed by atoms with E-state index >= 15 is 0 Å². The van der Waals surface area contributed by atoms with E-state index in [9.17, 15) is 0 Å². The van der Waals surface area contributed by atoms with Gasteiger partial charge in [0, 0.05) is 6.07 Å². The predicted octanol–water partition coefficient (Wildman–Crippen LogP) is 4.96. The van der Waals surface area contributed by atoms with Gasteiger partial charge in [0.2, 0.25) is 0 Å². The van der Waals surface area contributed by atoms with Crippen molar-refractivity contribution in [3.63, 3.8) is 0 Å². The summed E-state index contributed by atoms with van der Waals surface area (Å²) in [6.45, 7) is 0. The van der Waals surface area contributed by atoms with Crippen molar-refractivity contribution in [1.29, 1.82) is 0 Å². The Morgan fingerprint density at radius 2 is 1.48 bits per heavy atom. The van der Waals surface area contributed by atoms with Crippen LogP contribution in [0.2, 0.25) is 15.1 Å². The Hall–Kier alpha value is -1.75. The lowest BCUT2D eigenvalue weighted by Crippen LogP contribution is -1.99. The number of rotatable bonds is 2. The summed E-state index contributed by atoms with van der Waals surface area (Å²) in [5.74, 6) is 0.632. The number of ether oxygens (including phenoxy) is 1. The van der Waals surface area contributed by atoms with Crippen LogP contribution in [0.3, 0.4) is 0 Å². The molecule has 106 valence electrons. The van der Waals surface area contributed by atoms with E-state index in [1.54, 1.807) is 0 Å². The zero-order valence-electron chi connectivity index (χ0n) is 10.5. The van der Waals surface area contributed by atoms with Crippen LogP contribution in [0.5, 0.6) is 11.6 Å². The molecule has 0 aliphatic carbocycles. The second-order valence-electron chi connectivity index (χ2n) is 4.20. The van der Waals surface area contributed by atoms with E-state index in [4.69, 9.17) is 45.3 Å². The second-order valence-corrected chi connectivity index (χ2v) is 5.42. The van der Waals surface area contributed by atoms with E-state index in [0.717, 1.165) is 0 Å². The Morgan fingerprint density at radius 3 is 2.19 bits per heavy atom. The number of hydrogen-bond acceptors (Lipinski definition) is 4. The number of nitrogen functional groups attached to an aromatic ring is 1. The number of benzene rings is 2. The molecule has 21 heavy (non-hydrogen) atoms. The van der Waals surface area contributed by atoms with E-state index < -0.39 is 0 Å². The normalized spacial score (nSPS) is 10.8. The van der Waals surface area contributed by atoms with Crippen LogP contribution in [-0.4, -0.2) is 9.97 Å². The standard InChI is InChI=1S/C14H8Cl3N3O/c15-7-5-9(17)12(6-8(7)16)21-14-13(18)19-10-3-1-2-4-11(10)20-14/h1-6H,(H2,18,19). The van der Waals surface area contributed by atoms with E-state index in [1.807, 2.05) is 24.3 Å². The Balaban J connectivity index is 2.05. The van der Waals surface area contributed by atoms with Gasteiger partial charge < -0.3 is 10.5 Å². The fourth-order valence-electron chi connectivity index (χ4n) is 1.76. The lowest BCUT2D eigenvalue weighted by molar-refractivity contribution is 0.466. The molecule has 0 fully saturated rings. The molecule has 4 nitrogen and oxygen atoms in total. The van der Waals surface area contributed by atoms with Crippen LogP contribution in [0.1, 0.15) is 0 Å². The number of aromatic nitrogens is 2. The van der Waals surface area contributed by atoms with E-state index in [1.165, 1.54) is 12.1 Å². The average Bonchev–Trinajstić information content (AvgIpc) is 2.45. The molecule has 0 unspecified atom stereocenters. The van der Waals surface area contributed by atoms with Crippen LogP contribution in [0.15, 0.2) is 36.4 Å². The molecule has 0 aliphatic heterocycles. The quantitative estimate of drug-likeness (QED) is 0.669. The Bertz CT molecular complexity index is 839. The summed E-state index contributed by atoms with van der Waals surface area (Å²) in [5.41, 5.74) is 7.20. The minimum atomic E-state index is 0.161. The van der Waals surface area contributed by atoms with Crippen molar-refractivity contribution in [2.24, 2.45) is 0 Å². The minimum Gasteiger partial charge on any atom is -0.434 e. The molecule has 7 heteroatoms. The van der Waals surface area contributed by atoms with E-state index in [2.05, 4.69) is 9.97 Å². The second kappa shape index (κ2) is 5.56. The Kier molecular flexibility index (Phi) is 3.76. The van der Waals surface area contributed by atoms with Crippen molar-refractivity contribution in [3.8, 4) is 11.6 Å². The highest BCUT2D eigenvalue weighted by Gasteiger charge is 2.12. The topological polar surface area (TPSA) is 61.0 Å². The van der Waals surface area contributed by atoms with Gasteiger partial charge in [0.05, 0.1) is 26.1 Å². The Morgan fingerprint density at radius 1 is 0.857 bits per heavy atom. The number of anilines is 1. The first-order valence-corrected chi connectivity index (χ1v) is 7.02. The molecule has 0 atom stereocenters. The Labute approximate surface area is 135 Å². The van der Waals surface area contributed by atoms with Crippen molar-refractivity contribution in [3.05, 3.63) is 51.5 Å². The molecule has 3 rings (SSSR count). The molecule has 2 N–H and O–H groups in total. The summed E-state index contributed by atoms with van der Waals surface area (Å²) in [7, 11) is 0. The van der Waals surface area contributed by atoms with Crippen LogP contribution in [0, 0.1) is 0 Å². The molecule has 0 saturated heterocycles. The van der Waals surface area contributed by atoms with Crippen molar-refractivity contribution in [2.75, 3.05) is 5.73 Å². The van der Waals surface area contributed by atoms with E-state index in [0.29, 0.717) is 31.9 Å². The predicted molar refractivity (Wildman–Crippen MR) is 85.5 cm³/mol. The molecule has 3 aromatic rings. The van der Waals surface area contributed by atoms with Gasteiger partial charge in [0.15, 0.2) is 5.82 Å². The first kappa shape index (κ1) is 14.2. The number of para-hydroxylation sites is 2. The van der Waals surface area contributed by atoms with Crippen LogP contribution in [0.25, 0.3) is 11.0 Å². The summed E-state index contributed by atoms with van der Waals surface area (Å²) in [6, 6.07) is 10.3. The SMILES string of the molecule is Nc1nc2ccccc2nc1Oc1cc(Cl)c(Cl)cc1Cl. The highest BCUT2D eigenvalue weighted by Crippen LogP contribution is 2.37. The fourth-order valence-corrected chi connectivity index (χ4v) is 2.33. The van der Waals surface area contributed by atoms with Gasteiger partial charge in [-0.1, -0.05) is 46.9 Å². The first-order valence-electron chi connectivity index (χ1n) is 5.89. The van der Waals surface area contributed by atoms with Crippen LogP contribution < -0.4 is 10.5 Å². The van der Waals surface area contributed by atoms with Gasteiger partial charge in [-0.15, -0.1) is 0 Å². The van der Waals surface area contributed by atoms with Gasteiger partial charge in [0.1, 0.15) is 5.75 Å². The number of hydrogen-bond donors (Lipinski definition) is 1. The maximum absolute atomic E-state index is 6.06. The van der Waals surface area contributed by atoms with Crippen molar-refractivity contribution in [2.45, 2.75) is 0 Å². The molecule has 0 aliphatic rings. The minimum absolute atomic E-state index is 0.161. The molecular formula is C14H8Cl3N3O. The van der Waals surface area contributed by atoms with Crippen molar-refractivity contribution >= 4 is 51.7 Å². The van der Waals surface area contributed by atoms with Gasteiger partial charge >= 0.3 is 0 Å². The highest BCUT2D eigenvalue weighted by atomic mass is 35.5. The summed E-state index contributed by atoms with van der Waals surface area (Å²) < 4.78 is 5.61. The summed E-state index contributed by atoms with van der Waals surface area (Å²) in [6.07, 6.45) is 0. The van der Waals surface area contributed by atoms with Gasteiger partial charge in [0.25, 0.3) is 5.88 Å². The van der Waals surface area contributed by atoms with Crippen LogP contribution in [0.4, 0.5) is 5.82 Å². The third kappa shape index (κ3) is 2.83. The maximum Gasteiger partial charge on any atom is 0.263 e. The van der Waals surface area contributed by atoms with E-state index in [-0.39, 0.29) is 11.7 Å². The van der Waals surface area contributed by atoms with Gasteiger partial charge in [-0.05, 0) is 18.2 Å². The highest BCUT2D eigenvalue weighted by molar-refractivity contribution is 6.43. The first-order chi connectivity index (χ1) is 10.0. The summed E-state index contributed by atoms with van der Waals surface area (Å²) in [5, 5.41) is 0.966. The zero-order chi connectivity index (χ0) is 15.0. The van der Waals surface area contributed by atoms with Crippen LogP contribution in [-0.2, 0) is 0 Å². The summed E-state index contributed by atoms with van der Waals surface area (Å²) in [4.78, 5) is 8.55. The third-order valence-corrected chi connectivity index (χ3v) is 3.76. The van der Waals surface area contributed by atoms with Crippen molar-refractivity contribution < 1.29 is 4.74 Å². The summed E-state index contributed by atoms with van der Waals surface area (Å²) >= 11 is 17.9. The molecule has 0 radical (unpaired) electrons. The molecule has 2 aromatic carbocycles. The number of nitrogens with two attached hydrogens (primary N) is 1. The molecule has 0 amide bonds. The third-order valence-electron chi connectivity index (χ3n) is 2.75. The molecule has 0 bridgehead atoms. The van der Waals surface area contributed by atoms with Crippen LogP contribution >= 0.6 is 34.8 Å². The smallest absolute Gasteiger partial charge is 0.263 e. The molecule has 1 heterocycles. The van der Waals surface area contributed by atoms with Gasteiger partial charge in [-0.3, -0.25) is 0 Å². The largest absolute Gasteiger partial charge is 0.434 e.